The summed E-state index contributed by atoms with van der Waals surface area (Å²) in [6, 6.07) is 6.32. The average molecular weight is 261 g/mol. The summed E-state index contributed by atoms with van der Waals surface area (Å²) in [6.45, 7) is 0.794. The van der Waals surface area contributed by atoms with Crippen LogP contribution in [0.15, 0.2) is 29.9 Å². The van der Waals surface area contributed by atoms with Gasteiger partial charge >= 0.3 is 0 Å². The Bertz CT molecular complexity index is 525. The van der Waals surface area contributed by atoms with Crippen LogP contribution in [0.4, 0.5) is 0 Å². The smallest absolute Gasteiger partial charge is 0.122 e. The number of nitrogens with zero attached hydrogens (tertiary/aromatic N) is 1. The van der Waals surface area contributed by atoms with E-state index in [-0.39, 0.29) is 0 Å². The van der Waals surface area contributed by atoms with Crippen molar-refractivity contribution >= 4 is 11.3 Å². The van der Waals surface area contributed by atoms with Gasteiger partial charge in [-0.05, 0) is 30.0 Å². The van der Waals surface area contributed by atoms with E-state index in [0.717, 1.165) is 36.5 Å². The predicted molar refractivity (Wildman–Crippen MR) is 71.0 cm³/mol. The molecule has 0 amide bonds. The molecule has 1 aliphatic rings. The molecule has 0 saturated carbocycles. The van der Waals surface area contributed by atoms with Crippen LogP contribution >= 0.6 is 11.3 Å². The molecule has 0 fully saturated rings. The Morgan fingerprint density at radius 1 is 1.44 bits per heavy atom. The molecule has 0 aliphatic carbocycles. The Kier molecular flexibility index (Phi) is 3.30. The number of ether oxygens (including phenoxy) is 1. The van der Waals surface area contributed by atoms with Gasteiger partial charge in [-0.2, -0.15) is 0 Å². The zero-order valence-corrected chi connectivity index (χ0v) is 10.8. The number of aromatic nitrogens is 1. The van der Waals surface area contributed by atoms with Crippen molar-refractivity contribution in [2.45, 2.75) is 25.4 Å². The van der Waals surface area contributed by atoms with E-state index in [2.05, 4.69) is 17.1 Å². The Balaban J connectivity index is 1.63. The van der Waals surface area contributed by atoms with Crippen molar-refractivity contribution < 1.29 is 9.84 Å². The van der Waals surface area contributed by atoms with Crippen molar-refractivity contribution in [3.05, 3.63) is 45.9 Å². The van der Waals surface area contributed by atoms with Crippen LogP contribution in [0.25, 0.3) is 0 Å². The van der Waals surface area contributed by atoms with E-state index in [1.54, 1.807) is 11.7 Å². The van der Waals surface area contributed by atoms with Gasteiger partial charge in [0.15, 0.2) is 0 Å². The van der Waals surface area contributed by atoms with Crippen molar-refractivity contribution in [2.75, 3.05) is 6.61 Å². The lowest BCUT2D eigenvalue weighted by Gasteiger charge is -2.08. The molecule has 18 heavy (non-hydrogen) atoms. The first-order chi connectivity index (χ1) is 8.83. The first kappa shape index (κ1) is 11.7. The van der Waals surface area contributed by atoms with Crippen molar-refractivity contribution in [3.8, 4) is 5.75 Å². The highest BCUT2D eigenvalue weighted by Gasteiger charge is 2.13. The summed E-state index contributed by atoms with van der Waals surface area (Å²) in [5.74, 6) is 1.02. The van der Waals surface area contributed by atoms with Gasteiger partial charge in [-0.25, -0.2) is 0 Å². The molecule has 0 radical (unpaired) electrons. The van der Waals surface area contributed by atoms with Gasteiger partial charge in [0.25, 0.3) is 0 Å². The second kappa shape index (κ2) is 5.08. The molecule has 1 N–H and O–H groups in total. The molecular weight excluding hydrogens is 246 g/mol. The number of hydrogen-bond donors (Lipinski definition) is 1. The standard InChI is InChI=1S/C14H15NO2S/c16-12(14-8-15-9-18-14)3-1-10-2-4-13-11(7-10)5-6-17-13/h2,4,7-9,12,16H,1,3,5-6H2. The van der Waals surface area contributed by atoms with Crippen LogP contribution < -0.4 is 4.74 Å². The number of hydrogen-bond acceptors (Lipinski definition) is 4. The van der Waals surface area contributed by atoms with E-state index in [9.17, 15) is 5.11 Å². The maximum Gasteiger partial charge on any atom is 0.122 e. The van der Waals surface area contributed by atoms with Crippen LogP contribution in [0.5, 0.6) is 5.75 Å². The van der Waals surface area contributed by atoms with Gasteiger partial charge in [-0.1, -0.05) is 12.1 Å². The van der Waals surface area contributed by atoms with Crippen molar-refractivity contribution in [1.29, 1.82) is 0 Å². The Labute approximate surface area is 110 Å². The largest absolute Gasteiger partial charge is 0.493 e. The van der Waals surface area contributed by atoms with E-state index in [1.165, 1.54) is 22.5 Å². The number of thiazole rings is 1. The van der Waals surface area contributed by atoms with Crippen LogP contribution in [-0.4, -0.2) is 16.7 Å². The summed E-state index contributed by atoms with van der Waals surface area (Å²) >= 11 is 1.51. The van der Waals surface area contributed by atoms with E-state index in [1.807, 2.05) is 6.07 Å². The molecule has 3 rings (SSSR count). The highest BCUT2D eigenvalue weighted by Crippen LogP contribution is 2.28. The highest BCUT2D eigenvalue weighted by molar-refractivity contribution is 7.09. The maximum absolute atomic E-state index is 10.0. The second-order valence-corrected chi connectivity index (χ2v) is 5.42. The lowest BCUT2D eigenvalue weighted by molar-refractivity contribution is 0.171. The first-order valence-corrected chi connectivity index (χ1v) is 7.02. The average Bonchev–Trinajstić information content (AvgIpc) is 3.05. The first-order valence-electron chi connectivity index (χ1n) is 6.14. The minimum absolute atomic E-state index is 0.401. The lowest BCUT2D eigenvalue weighted by Crippen LogP contribution is -1.97. The van der Waals surface area contributed by atoms with Crippen LogP contribution in [-0.2, 0) is 12.8 Å². The molecule has 3 nitrogen and oxygen atoms in total. The molecule has 2 heterocycles. The molecule has 4 heteroatoms. The summed E-state index contributed by atoms with van der Waals surface area (Å²) in [4.78, 5) is 4.93. The van der Waals surface area contributed by atoms with Crippen molar-refractivity contribution in [3.63, 3.8) is 0 Å². The van der Waals surface area contributed by atoms with Crippen molar-refractivity contribution in [1.82, 2.24) is 4.98 Å². The zero-order chi connectivity index (χ0) is 12.4. The number of benzene rings is 1. The minimum Gasteiger partial charge on any atom is -0.493 e. The van der Waals surface area contributed by atoms with Gasteiger partial charge in [0.2, 0.25) is 0 Å². The molecule has 1 aromatic carbocycles. The summed E-state index contributed by atoms with van der Waals surface area (Å²) in [7, 11) is 0. The Hall–Kier alpha value is -1.39. The third-order valence-corrected chi connectivity index (χ3v) is 4.12. The van der Waals surface area contributed by atoms with E-state index >= 15 is 0 Å². The number of aliphatic hydroxyl groups is 1. The normalized spacial score (nSPS) is 15.2. The number of rotatable bonds is 4. The van der Waals surface area contributed by atoms with E-state index in [0.29, 0.717) is 0 Å². The molecule has 1 unspecified atom stereocenters. The van der Waals surface area contributed by atoms with Crippen LogP contribution in [0.2, 0.25) is 0 Å². The van der Waals surface area contributed by atoms with E-state index < -0.39 is 6.10 Å². The molecule has 2 aromatic rings. The fourth-order valence-corrected chi connectivity index (χ4v) is 2.87. The second-order valence-electron chi connectivity index (χ2n) is 4.50. The molecule has 94 valence electrons. The number of aliphatic hydroxyl groups excluding tert-OH is 1. The minimum atomic E-state index is -0.401. The predicted octanol–water partition coefficient (Wildman–Crippen LogP) is 2.74. The SMILES string of the molecule is OC(CCc1ccc2c(c1)CCO2)c1cncs1. The molecule has 1 atom stereocenters. The summed E-state index contributed by atoms with van der Waals surface area (Å²) in [6.07, 6.45) is 3.96. The third kappa shape index (κ3) is 2.40. The Morgan fingerprint density at radius 3 is 3.22 bits per heavy atom. The van der Waals surface area contributed by atoms with Gasteiger partial charge in [-0.3, -0.25) is 4.98 Å². The molecule has 0 bridgehead atoms. The fourth-order valence-electron chi connectivity index (χ4n) is 2.23. The third-order valence-electron chi connectivity index (χ3n) is 3.24. The van der Waals surface area contributed by atoms with Gasteiger partial charge < -0.3 is 9.84 Å². The lowest BCUT2D eigenvalue weighted by atomic mass is 10.0. The highest BCUT2D eigenvalue weighted by atomic mass is 32.1. The van der Waals surface area contributed by atoms with E-state index in [4.69, 9.17) is 4.74 Å². The van der Waals surface area contributed by atoms with Gasteiger partial charge in [0, 0.05) is 12.6 Å². The summed E-state index contributed by atoms with van der Waals surface area (Å²) in [5, 5.41) is 10.0. The summed E-state index contributed by atoms with van der Waals surface area (Å²) in [5.41, 5.74) is 4.31. The van der Waals surface area contributed by atoms with Crippen LogP contribution in [0, 0.1) is 0 Å². The molecule has 0 saturated heterocycles. The van der Waals surface area contributed by atoms with Crippen molar-refractivity contribution in [2.24, 2.45) is 0 Å². The molecule has 0 spiro atoms. The zero-order valence-electron chi connectivity index (χ0n) is 10.0. The van der Waals surface area contributed by atoms with Crippen LogP contribution in [0.3, 0.4) is 0 Å². The van der Waals surface area contributed by atoms with Gasteiger partial charge in [0.05, 0.1) is 23.1 Å². The Morgan fingerprint density at radius 2 is 2.39 bits per heavy atom. The topological polar surface area (TPSA) is 42.4 Å². The monoisotopic (exact) mass is 261 g/mol. The molecule has 1 aliphatic heterocycles. The quantitative estimate of drug-likeness (QED) is 0.920. The maximum atomic E-state index is 10.0. The van der Waals surface area contributed by atoms with Gasteiger partial charge in [-0.15, -0.1) is 11.3 Å². The van der Waals surface area contributed by atoms with Gasteiger partial charge in [0.1, 0.15) is 5.75 Å². The fraction of sp³-hybridized carbons (Fsp3) is 0.357. The van der Waals surface area contributed by atoms with Crippen LogP contribution in [0.1, 0.15) is 28.5 Å². The molecular formula is C14H15NO2S. The number of fused-ring (bicyclic) bond motifs is 1. The summed E-state index contributed by atoms with van der Waals surface area (Å²) < 4.78 is 5.48. The number of aryl methyl sites for hydroxylation is 1. The molecule has 1 aromatic heterocycles.